The topological polar surface area (TPSA) is 36.2 Å². The highest BCUT2D eigenvalue weighted by Crippen LogP contribution is 2.31. The molecule has 1 aromatic carbocycles. The Morgan fingerprint density at radius 2 is 2.00 bits per heavy atom. The molecule has 3 rings (SSSR count). The fraction of sp³-hybridized carbons (Fsp3) is 0.364. The second kappa shape index (κ2) is 9.09. The van der Waals surface area contributed by atoms with Crippen LogP contribution in [0.2, 0.25) is 0 Å². The largest absolute Gasteiger partial charge is 0.378 e. The lowest BCUT2D eigenvalue weighted by Crippen LogP contribution is -2.43. The molecule has 5 heteroatoms. The van der Waals surface area contributed by atoms with Gasteiger partial charge in [0.15, 0.2) is 12.4 Å². The number of amides is 1. The summed E-state index contributed by atoms with van der Waals surface area (Å²) in [6.45, 7) is 0.957. The number of allylic oxidation sites excluding steroid dienone is 1. The first-order valence-electron chi connectivity index (χ1n) is 9.44. The highest BCUT2D eigenvalue weighted by Gasteiger charge is 2.19. The van der Waals surface area contributed by atoms with Gasteiger partial charge >= 0.3 is 0 Å². The van der Waals surface area contributed by atoms with E-state index in [4.69, 9.17) is 0 Å². The van der Waals surface area contributed by atoms with Gasteiger partial charge in [-0.05, 0) is 48.1 Å². The summed E-state index contributed by atoms with van der Waals surface area (Å²) in [4.78, 5) is 14.0. The Hall–Kier alpha value is -2.27. The van der Waals surface area contributed by atoms with Gasteiger partial charge in [0.2, 0.25) is 6.54 Å². The summed E-state index contributed by atoms with van der Waals surface area (Å²) >= 11 is 4.12. The fourth-order valence-electron chi connectivity index (χ4n) is 3.44. The minimum absolute atomic E-state index is 0.0292. The van der Waals surface area contributed by atoms with Gasteiger partial charge in [0.25, 0.3) is 5.91 Å². The minimum atomic E-state index is 0.0292. The van der Waals surface area contributed by atoms with E-state index in [2.05, 4.69) is 79.5 Å². The first-order valence-corrected chi connectivity index (χ1v) is 10.1. The molecule has 0 bridgehead atoms. The first kappa shape index (κ1) is 19.5. The van der Waals surface area contributed by atoms with Gasteiger partial charge in [0, 0.05) is 43.7 Å². The van der Waals surface area contributed by atoms with Crippen LogP contribution >= 0.6 is 12.6 Å². The van der Waals surface area contributed by atoms with E-state index in [0.717, 1.165) is 19.3 Å². The quantitative estimate of drug-likeness (QED) is 0.595. The van der Waals surface area contributed by atoms with Gasteiger partial charge in [-0.25, -0.2) is 0 Å². The number of carbonyl (C=O) groups excluding carboxylic acids is 1. The number of fused-ring (bicyclic) bond motifs is 1. The number of thiol groups is 1. The summed E-state index contributed by atoms with van der Waals surface area (Å²) < 4.78 is 1.97. The maximum Gasteiger partial charge on any atom is 0.286 e. The zero-order valence-corrected chi connectivity index (χ0v) is 17.0. The summed E-state index contributed by atoms with van der Waals surface area (Å²) in [6.07, 6.45) is 9.72. The van der Waals surface area contributed by atoms with E-state index in [9.17, 15) is 4.79 Å². The average molecular weight is 383 g/mol. The number of hydrogen-bond donors (Lipinski definition) is 2. The van der Waals surface area contributed by atoms with Crippen LogP contribution in [0.4, 0.5) is 5.69 Å². The molecule has 2 aromatic rings. The molecule has 0 fully saturated rings. The molecule has 1 aromatic heterocycles. The Kier molecular flexibility index (Phi) is 6.56. The van der Waals surface area contributed by atoms with Crippen molar-refractivity contribution in [1.29, 1.82) is 0 Å². The molecule has 0 radical (unpaired) electrons. The van der Waals surface area contributed by atoms with Crippen molar-refractivity contribution < 1.29 is 9.36 Å². The second-order valence-electron chi connectivity index (χ2n) is 7.14. The molecule has 1 aliphatic rings. The summed E-state index contributed by atoms with van der Waals surface area (Å²) in [5.74, 6) is 0.686. The van der Waals surface area contributed by atoms with Gasteiger partial charge in [-0.1, -0.05) is 18.2 Å². The van der Waals surface area contributed by atoms with Crippen LogP contribution in [0.3, 0.4) is 0 Å². The SMILES string of the molecule is CN(C)c1ccc(/C=C2\CCCc3c[n+](CC(=O)NCCS)ccc32)cc1. The van der Waals surface area contributed by atoms with E-state index in [1.807, 2.05) is 10.8 Å². The third-order valence-electron chi connectivity index (χ3n) is 4.85. The third-order valence-corrected chi connectivity index (χ3v) is 5.07. The lowest BCUT2D eigenvalue weighted by Gasteiger charge is -2.18. The summed E-state index contributed by atoms with van der Waals surface area (Å²) in [5, 5.41) is 2.86. The number of anilines is 1. The van der Waals surface area contributed by atoms with Crippen molar-refractivity contribution in [3.63, 3.8) is 0 Å². The minimum Gasteiger partial charge on any atom is -0.378 e. The molecule has 142 valence electrons. The number of nitrogens with one attached hydrogen (secondary N) is 1. The molecule has 1 aliphatic carbocycles. The Morgan fingerprint density at radius 3 is 2.70 bits per heavy atom. The van der Waals surface area contributed by atoms with E-state index in [1.54, 1.807) is 0 Å². The van der Waals surface area contributed by atoms with Crippen LogP contribution < -0.4 is 14.8 Å². The molecule has 1 amide bonds. The maximum absolute atomic E-state index is 11.9. The lowest BCUT2D eigenvalue weighted by molar-refractivity contribution is -0.684. The molecule has 0 atom stereocenters. The Balaban J connectivity index is 1.78. The highest BCUT2D eigenvalue weighted by atomic mass is 32.1. The van der Waals surface area contributed by atoms with Crippen LogP contribution in [0.1, 0.15) is 29.5 Å². The first-order chi connectivity index (χ1) is 13.1. The molecule has 0 unspecified atom stereocenters. The summed E-state index contributed by atoms with van der Waals surface area (Å²) in [5.41, 5.74) is 6.44. The van der Waals surface area contributed by atoms with E-state index >= 15 is 0 Å². The standard InChI is InChI=1S/C22H27N3OS/c1-24(2)20-8-6-17(7-9-20)14-18-4-3-5-19-15-25(12-10-21(18)19)16-22(26)23-11-13-27/h6-10,12,14-15H,3-5,11,13,16H2,1-2H3,(H-,23,26,27)/p+1. The zero-order valence-electron chi connectivity index (χ0n) is 16.1. The van der Waals surface area contributed by atoms with Gasteiger partial charge in [0.1, 0.15) is 0 Å². The molecule has 0 saturated heterocycles. The third kappa shape index (κ3) is 5.13. The van der Waals surface area contributed by atoms with E-state index in [-0.39, 0.29) is 5.91 Å². The normalized spacial score (nSPS) is 14.7. The number of nitrogens with zero attached hydrogens (tertiary/aromatic N) is 2. The number of aromatic nitrogens is 1. The van der Waals surface area contributed by atoms with Gasteiger partial charge < -0.3 is 10.2 Å². The van der Waals surface area contributed by atoms with Crippen molar-refractivity contribution in [3.8, 4) is 0 Å². The molecule has 0 aliphatic heterocycles. The van der Waals surface area contributed by atoms with E-state index in [1.165, 1.54) is 28.0 Å². The van der Waals surface area contributed by atoms with E-state index < -0.39 is 0 Å². The average Bonchev–Trinajstić information content (AvgIpc) is 2.67. The van der Waals surface area contributed by atoms with Crippen molar-refractivity contribution in [2.24, 2.45) is 0 Å². The maximum atomic E-state index is 11.9. The van der Waals surface area contributed by atoms with Crippen LogP contribution in [-0.4, -0.2) is 32.3 Å². The number of aryl methyl sites for hydroxylation is 1. The van der Waals surface area contributed by atoms with Crippen LogP contribution in [0, 0.1) is 0 Å². The molecule has 0 saturated carbocycles. The monoisotopic (exact) mass is 382 g/mol. The van der Waals surface area contributed by atoms with Crippen LogP contribution in [0.15, 0.2) is 42.7 Å². The fourth-order valence-corrected chi connectivity index (χ4v) is 3.55. The smallest absolute Gasteiger partial charge is 0.286 e. The van der Waals surface area contributed by atoms with Gasteiger partial charge in [-0.3, -0.25) is 4.79 Å². The number of pyridine rings is 1. The van der Waals surface area contributed by atoms with Crippen molar-refractivity contribution in [3.05, 3.63) is 59.4 Å². The van der Waals surface area contributed by atoms with Crippen LogP contribution in [-0.2, 0) is 17.8 Å². The predicted molar refractivity (Wildman–Crippen MR) is 115 cm³/mol. The van der Waals surface area contributed by atoms with Crippen molar-refractivity contribution in [1.82, 2.24) is 5.32 Å². The lowest BCUT2D eigenvalue weighted by atomic mass is 9.87. The van der Waals surface area contributed by atoms with Crippen molar-refractivity contribution in [2.45, 2.75) is 25.8 Å². The number of benzene rings is 1. The van der Waals surface area contributed by atoms with E-state index in [0.29, 0.717) is 18.8 Å². The molecule has 1 N–H and O–H groups in total. The number of hydrogen-bond acceptors (Lipinski definition) is 3. The van der Waals surface area contributed by atoms with Gasteiger partial charge in [0.05, 0.1) is 0 Å². The molecule has 27 heavy (non-hydrogen) atoms. The predicted octanol–water partition coefficient (Wildman–Crippen LogP) is 2.96. The van der Waals surface area contributed by atoms with Crippen molar-refractivity contribution in [2.75, 3.05) is 31.3 Å². The van der Waals surface area contributed by atoms with Crippen LogP contribution in [0.25, 0.3) is 11.6 Å². The Bertz CT molecular complexity index is 828. The molecule has 4 nitrogen and oxygen atoms in total. The zero-order chi connectivity index (χ0) is 19.2. The number of rotatable bonds is 6. The molecule has 0 spiro atoms. The van der Waals surface area contributed by atoms with Crippen LogP contribution in [0.5, 0.6) is 0 Å². The van der Waals surface area contributed by atoms with Gasteiger partial charge in [-0.15, -0.1) is 0 Å². The Morgan fingerprint density at radius 1 is 1.22 bits per heavy atom. The Labute approximate surface area is 167 Å². The summed E-state index contributed by atoms with van der Waals surface area (Å²) in [6, 6.07) is 10.8. The number of carbonyl (C=O) groups is 1. The summed E-state index contributed by atoms with van der Waals surface area (Å²) in [7, 11) is 4.11. The second-order valence-corrected chi connectivity index (χ2v) is 7.59. The molecule has 1 heterocycles. The molecular formula is C22H28N3OS+. The molecular weight excluding hydrogens is 354 g/mol. The van der Waals surface area contributed by atoms with Gasteiger partial charge in [-0.2, -0.15) is 17.2 Å². The highest BCUT2D eigenvalue weighted by molar-refractivity contribution is 7.80. The van der Waals surface area contributed by atoms with Crippen molar-refractivity contribution >= 4 is 35.9 Å².